The minimum atomic E-state index is 0.313. The maximum atomic E-state index is 9.77. The maximum absolute atomic E-state index is 9.77. The molecule has 1 atom stereocenters. The normalized spacial score (nSPS) is 15.7. The standard InChI is InChI=1S/C22H27N3O2/c1-4-6-14-7-9-18-16(11-14)21(17(13-23)22(24)25-18)15-8-10-19(27-5-2)20(12-15)26-3/h8,10,12,14H,4-7,9,11H2,1-3H3,(H2,24,25). The minimum Gasteiger partial charge on any atom is -0.493 e. The summed E-state index contributed by atoms with van der Waals surface area (Å²) in [5.41, 5.74) is 10.6. The predicted molar refractivity (Wildman–Crippen MR) is 107 cm³/mol. The number of benzene rings is 1. The highest BCUT2D eigenvalue weighted by Crippen LogP contribution is 2.41. The lowest BCUT2D eigenvalue weighted by atomic mass is 9.79. The average Bonchev–Trinajstić information content (AvgIpc) is 2.68. The van der Waals surface area contributed by atoms with Crippen LogP contribution in [-0.4, -0.2) is 18.7 Å². The number of nitrogen functional groups attached to an aromatic ring is 1. The van der Waals surface area contributed by atoms with E-state index in [0.29, 0.717) is 35.4 Å². The van der Waals surface area contributed by atoms with Crippen LogP contribution in [0.1, 0.15) is 49.9 Å². The Morgan fingerprint density at radius 1 is 1.30 bits per heavy atom. The molecule has 1 aromatic heterocycles. The number of nitriles is 1. The van der Waals surface area contributed by atoms with E-state index in [2.05, 4.69) is 18.0 Å². The van der Waals surface area contributed by atoms with Crippen LogP contribution >= 0.6 is 0 Å². The molecule has 0 saturated heterocycles. The Morgan fingerprint density at radius 2 is 2.11 bits per heavy atom. The van der Waals surface area contributed by atoms with Crippen molar-refractivity contribution in [3.8, 4) is 28.7 Å². The second kappa shape index (κ2) is 8.30. The summed E-state index contributed by atoms with van der Waals surface area (Å²) in [6.07, 6.45) is 5.34. The molecule has 3 rings (SSSR count). The number of anilines is 1. The Kier molecular flexibility index (Phi) is 5.85. The Morgan fingerprint density at radius 3 is 2.78 bits per heavy atom. The lowest BCUT2D eigenvalue weighted by molar-refractivity contribution is 0.311. The van der Waals surface area contributed by atoms with Crippen LogP contribution in [0.5, 0.6) is 11.5 Å². The van der Waals surface area contributed by atoms with E-state index in [1.807, 2.05) is 25.1 Å². The van der Waals surface area contributed by atoms with Crippen LogP contribution < -0.4 is 15.2 Å². The molecule has 0 aliphatic heterocycles. The summed E-state index contributed by atoms with van der Waals surface area (Å²) in [5, 5.41) is 9.77. The number of rotatable bonds is 6. The van der Waals surface area contributed by atoms with Crippen molar-refractivity contribution in [1.29, 1.82) is 5.26 Å². The van der Waals surface area contributed by atoms with Crippen LogP contribution in [0.15, 0.2) is 18.2 Å². The molecule has 5 heteroatoms. The topological polar surface area (TPSA) is 81.2 Å². The molecular weight excluding hydrogens is 338 g/mol. The third-order valence-corrected chi connectivity index (χ3v) is 5.25. The monoisotopic (exact) mass is 365 g/mol. The molecule has 142 valence electrons. The average molecular weight is 365 g/mol. The molecule has 1 unspecified atom stereocenters. The smallest absolute Gasteiger partial charge is 0.161 e. The fourth-order valence-electron chi connectivity index (χ4n) is 4.03. The number of pyridine rings is 1. The fraction of sp³-hybridized carbons (Fsp3) is 0.455. The van der Waals surface area contributed by atoms with E-state index in [4.69, 9.17) is 15.2 Å². The molecule has 27 heavy (non-hydrogen) atoms. The van der Waals surface area contributed by atoms with Crippen molar-refractivity contribution in [1.82, 2.24) is 4.98 Å². The largest absolute Gasteiger partial charge is 0.493 e. The molecule has 1 aromatic carbocycles. The van der Waals surface area contributed by atoms with Crippen molar-refractivity contribution in [2.45, 2.75) is 46.0 Å². The lowest BCUT2D eigenvalue weighted by Crippen LogP contribution is -2.18. The Balaban J connectivity index is 2.17. The van der Waals surface area contributed by atoms with Crippen molar-refractivity contribution < 1.29 is 9.47 Å². The summed E-state index contributed by atoms with van der Waals surface area (Å²) in [7, 11) is 1.63. The lowest BCUT2D eigenvalue weighted by Gasteiger charge is -2.27. The highest BCUT2D eigenvalue weighted by Gasteiger charge is 2.26. The SMILES string of the molecule is CCCC1CCc2nc(N)c(C#N)c(-c3ccc(OCC)c(OC)c3)c2C1. The van der Waals surface area contributed by atoms with Crippen LogP contribution in [0, 0.1) is 17.2 Å². The summed E-state index contributed by atoms with van der Waals surface area (Å²) < 4.78 is 11.1. The first-order valence-electron chi connectivity index (χ1n) is 9.65. The predicted octanol–water partition coefficient (Wildman–Crippen LogP) is 4.51. The highest BCUT2D eigenvalue weighted by atomic mass is 16.5. The summed E-state index contributed by atoms with van der Waals surface area (Å²) >= 11 is 0. The highest BCUT2D eigenvalue weighted by molar-refractivity contribution is 5.80. The van der Waals surface area contributed by atoms with Gasteiger partial charge in [-0.3, -0.25) is 0 Å². The molecule has 5 nitrogen and oxygen atoms in total. The Labute approximate surface area is 161 Å². The van der Waals surface area contributed by atoms with Crippen LogP contribution in [0.4, 0.5) is 5.82 Å². The van der Waals surface area contributed by atoms with E-state index in [1.165, 1.54) is 12.8 Å². The maximum Gasteiger partial charge on any atom is 0.161 e. The Hall–Kier alpha value is -2.74. The van der Waals surface area contributed by atoms with Gasteiger partial charge in [-0.05, 0) is 55.4 Å². The van der Waals surface area contributed by atoms with Crippen LogP contribution in [0.3, 0.4) is 0 Å². The number of aromatic nitrogens is 1. The van der Waals surface area contributed by atoms with Crippen molar-refractivity contribution in [2.75, 3.05) is 19.5 Å². The summed E-state index contributed by atoms with van der Waals surface area (Å²) in [5.74, 6) is 2.29. The van der Waals surface area contributed by atoms with Gasteiger partial charge in [0, 0.05) is 11.3 Å². The van der Waals surface area contributed by atoms with Crippen molar-refractivity contribution in [3.05, 3.63) is 35.0 Å². The molecule has 2 aromatic rings. The van der Waals surface area contributed by atoms with Crippen molar-refractivity contribution >= 4 is 5.82 Å². The van der Waals surface area contributed by atoms with E-state index in [1.54, 1.807) is 7.11 Å². The van der Waals surface area contributed by atoms with Gasteiger partial charge in [-0.1, -0.05) is 25.8 Å². The number of methoxy groups -OCH3 is 1. The zero-order valence-corrected chi connectivity index (χ0v) is 16.3. The second-order valence-corrected chi connectivity index (χ2v) is 6.98. The minimum absolute atomic E-state index is 0.313. The molecule has 1 heterocycles. The molecular formula is C22H27N3O2. The van der Waals surface area contributed by atoms with Gasteiger partial charge in [0.05, 0.1) is 13.7 Å². The summed E-state index contributed by atoms with van der Waals surface area (Å²) in [6, 6.07) is 8.09. The molecule has 0 spiro atoms. The first-order valence-corrected chi connectivity index (χ1v) is 9.65. The fourth-order valence-corrected chi connectivity index (χ4v) is 4.03. The van der Waals surface area contributed by atoms with E-state index in [9.17, 15) is 5.26 Å². The van der Waals surface area contributed by atoms with Gasteiger partial charge >= 0.3 is 0 Å². The number of nitrogens with zero attached hydrogens (tertiary/aromatic N) is 2. The molecule has 0 radical (unpaired) electrons. The van der Waals surface area contributed by atoms with E-state index < -0.39 is 0 Å². The number of ether oxygens (including phenoxy) is 2. The van der Waals surface area contributed by atoms with E-state index in [0.717, 1.165) is 41.6 Å². The number of aryl methyl sites for hydroxylation is 1. The summed E-state index contributed by atoms with van der Waals surface area (Å²) in [6.45, 7) is 4.72. The molecule has 2 N–H and O–H groups in total. The number of hydrogen-bond donors (Lipinski definition) is 1. The van der Waals surface area contributed by atoms with Crippen molar-refractivity contribution in [3.63, 3.8) is 0 Å². The molecule has 1 aliphatic rings. The van der Waals surface area contributed by atoms with Gasteiger partial charge in [0.2, 0.25) is 0 Å². The third-order valence-electron chi connectivity index (χ3n) is 5.25. The van der Waals surface area contributed by atoms with Gasteiger partial charge in [0.25, 0.3) is 0 Å². The van der Waals surface area contributed by atoms with E-state index in [-0.39, 0.29) is 0 Å². The summed E-state index contributed by atoms with van der Waals surface area (Å²) in [4.78, 5) is 4.55. The Bertz CT molecular complexity index is 871. The number of hydrogen-bond acceptors (Lipinski definition) is 5. The molecule has 0 bridgehead atoms. The van der Waals surface area contributed by atoms with Gasteiger partial charge < -0.3 is 15.2 Å². The second-order valence-electron chi connectivity index (χ2n) is 6.98. The number of fused-ring (bicyclic) bond motifs is 1. The zero-order valence-electron chi connectivity index (χ0n) is 16.3. The quantitative estimate of drug-likeness (QED) is 0.814. The van der Waals surface area contributed by atoms with Gasteiger partial charge in [-0.15, -0.1) is 0 Å². The number of nitrogens with two attached hydrogens (primary N) is 1. The van der Waals surface area contributed by atoms with Gasteiger partial charge in [-0.25, -0.2) is 4.98 Å². The first-order chi connectivity index (χ1) is 13.1. The molecule has 0 fully saturated rings. The molecule has 0 saturated carbocycles. The van der Waals surface area contributed by atoms with Crippen LogP contribution in [0.2, 0.25) is 0 Å². The van der Waals surface area contributed by atoms with Gasteiger partial charge in [0.15, 0.2) is 11.5 Å². The van der Waals surface area contributed by atoms with Crippen LogP contribution in [-0.2, 0) is 12.8 Å². The molecule has 0 amide bonds. The van der Waals surface area contributed by atoms with E-state index >= 15 is 0 Å². The first kappa shape index (κ1) is 19.0. The molecule has 1 aliphatic carbocycles. The van der Waals surface area contributed by atoms with Crippen molar-refractivity contribution in [2.24, 2.45) is 5.92 Å². The van der Waals surface area contributed by atoms with Crippen LogP contribution in [0.25, 0.3) is 11.1 Å². The third kappa shape index (κ3) is 3.71. The van der Waals surface area contributed by atoms with Gasteiger partial charge in [-0.2, -0.15) is 5.26 Å². The van der Waals surface area contributed by atoms with Gasteiger partial charge in [0.1, 0.15) is 17.5 Å². The zero-order chi connectivity index (χ0) is 19.4.